The number of fused-ring (bicyclic) bond motifs is 1. The average Bonchev–Trinajstić information content (AvgIpc) is 3.22. The molecule has 9 heteroatoms. The highest BCUT2D eigenvalue weighted by atomic mass is 32.2. The van der Waals surface area contributed by atoms with Crippen molar-refractivity contribution < 1.29 is 14.3 Å². The van der Waals surface area contributed by atoms with Crippen molar-refractivity contribution in [3.05, 3.63) is 34.6 Å². The van der Waals surface area contributed by atoms with E-state index >= 15 is 0 Å². The molecule has 156 valence electrons. The Morgan fingerprint density at radius 2 is 2.17 bits per heavy atom. The number of thioether (sulfide) groups is 1. The number of nitrogens with zero attached hydrogens (tertiary/aromatic N) is 2. The quantitative estimate of drug-likeness (QED) is 0.495. The van der Waals surface area contributed by atoms with Crippen LogP contribution in [-0.2, 0) is 20.9 Å². The maximum absolute atomic E-state index is 13.0. The van der Waals surface area contributed by atoms with Gasteiger partial charge in [-0.15, -0.1) is 0 Å². The van der Waals surface area contributed by atoms with Crippen LogP contribution in [0.2, 0.25) is 0 Å². The van der Waals surface area contributed by atoms with Gasteiger partial charge in [0, 0.05) is 13.2 Å². The molecule has 2 amide bonds. The van der Waals surface area contributed by atoms with Gasteiger partial charge in [-0.1, -0.05) is 23.9 Å². The van der Waals surface area contributed by atoms with Gasteiger partial charge in [0.25, 0.3) is 5.56 Å². The van der Waals surface area contributed by atoms with E-state index in [1.54, 1.807) is 23.6 Å². The monoisotopic (exact) mass is 418 g/mol. The summed E-state index contributed by atoms with van der Waals surface area (Å²) in [7, 11) is 0. The van der Waals surface area contributed by atoms with Crippen LogP contribution in [-0.4, -0.2) is 52.4 Å². The lowest BCUT2D eigenvalue weighted by Crippen LogP contribution is -2.45. The Labute approximate surface area is 173 Å². The first-order chi connectivity index (χ1) is 14.0. The van der Waals surface area contributed by atoms with Crippen molar-refractivity contribution in [3.63, 3.8) is 0 Å². The zero-order valence-electron chi connectivity index (χ0n) is 16.6. The lowest BCUT2D eigenvalue weighted by molar-refractivity contribution is -0.127. The fourth-order valence-electron chi connectivity index (χ4n) is 3.22. The molecule has 29 heavy (non-hydrogen) atoms. The van der Waals surface area contributed by atoms with Crippen LogP contribution in [0.15, 0.2) is 34.2 Å². The van der Waals surface area contributed by atoms with Crippen LogP contribution >= 0.6 is 11.8 Å². The van der Waals surface area contributed by atoms with E-state index in [-0.39, 0.29) is 29.2 Å². The number of ether oxygens (including phenoxy) is 1. The highest BCUT2D eigenvalue weighted by molar-refractivity contribution is 7.99. The molecule has 1 fully saturated rings. The third-order valence-electron chi connectivity index (χ3n) is 4.69. The number of amides is 2. The summed E-state index contributed by atoms with van der Waals surface area (Å²) >= 11 is 1.19. The number of benzene rings is 1. The molecule has 0 radical (unpaired) electrons. The molecule has 1 aliphatic rings. The largest absolute Gasteiger partial charge is 0.376 e. The second kappa shape index (κ2) is 9.89. The Hall–Kier alpha value is -2.39. The van der Waals surface area contributed by atoms with E-state index in [1.807, 2.05) is 19.1 Å². The molecule has 0 saturated carbocycles. The average molecular weight is 419 g/mol. The zero-order valence-corrected chi connectivity index (χ0v) is 17.5. The lowest BCUT2D eigenvalue weighted by Gasteiger charge is -2.17. The third kappa shape index (κ3) is 5.36. The number of nitrogens with one attached hydrogen (secondary N) is 2. The SMILES string of the molecule is CCNC(=O)[C@H](C)NC(=O)CSc1nc2ccccc2c(=O)n1C[C@@H]1CCCO1. The predicted octanol–water partition coefficient (Wildman–Crippen LogP) is 1.31. The lowest BCUT2D eigenvalue weighted by atomic mass is 10.2. The van der Waals surface area contributed by atoms with Crippen molar-refractivity contribution in [2.75, 3.05) is 18.9 Å². The van der Waals surface area contributed by atoms with E-state index in [1.165, 1.54) is 11.8 Å². The summed E-state index contributed by atoms with van der Waals surface area (Å²) in [4.78, 5) is 41.7. The zero-order chi connectivity index (χ0) is 20.8. The predicted molar refractivity (Wildman–Crippen MR) is 112 cm³/mol. The molecular formula is C20H26N4O4S. The molecule has 3 rings (SSSR count). The number of hydrogen-bond donors (Lipinski definition) is 2. The minimum atomic E-state index is -0.623. The smallest absolute Gasteiger partial charge is 0.262 e. The Bertz CT molecular complexity index is 940. The highest BCUT2D eigenvalue weighted by Crippen LogP contribution is 2.20. The first-order valence-electron chi connectivity index (χ1n) is 9.80. The van der Waals surface area contributed by atoms with Crippen LogP contribution in [0, 0.1) is 0 Å². The summed E-state index contributed by atoms with van der Waals surface area (Å²) in [5.41, 5.74) is 0.462. The van der Waals surface area contributed by atoms with Gasteiger partial charge >= 0.3 is 0 Å². The van der Waals surface area contributed by atoms with Crippen molar-refractivity contribution in [2.45, 2.75) is 50.5 Å². The summed E-state index contributed by atoms with van der Waals surface area (Å²) in [6.07, 6.45) is 1.85. The molecule has 1 saturated heterocycles. The molecule has 1 aromatic carbocycles. The molecule has 0 spiro atoms. The van der Waals surface area contributed by atoms with Gasteiger partial charge in [0.15, 0.2) is 5.16 Å². The van der Waals surface area contributed by atoms with E-state index in [9.17, 15) is 14.4 Å². The molecule has 1 aliphatic heterocycles. The summed E-state index contributed by atoms with van der Waals surface area (Å²) < 4.78 is 7.29. The Kier molecular flexibility index (Phi) is 7.27. The van der Waals surface area contributed by atoms with E-state index in [4.69, 9.17) is 4.74 Å². The first kappa shape index (κ1) is 21.3. The van der Waals surface area contributed by atoms with Crippen molar-refractivity contribution in [1.82, 2.24) is 20.2 Å². The summed E-state index contributed by atoms with van der Waals surface area (Å²) in [5, 5.41) is 6.36. The Balaban J connectivity index is 1.77. The maximum atomic E-state index is 13.0. The van der Waals surface area contributed by atoms with E-state index < -0.39 is 6.04 Å². The molecule has 2 heterocycles. The minimum Gasteiger partial charge on any atom is -0.376 e. The molecule has 0 unspecified atom stereocenters. The number of rotatable bonds is 8. The van der Waals surface area contributed by atoms with Gasteiger partial charge in [0.05, 0.1) is 29.3 Å². The van der Waals surface area contributed by atoms with Crippen LogP contribution in [0.5, 0.6) is 0 Å². The molecular weight excluding hydrogens is 392 g/mol. The Morgan fingerprint density at radius 3 is 2.90 bits per heavy atom. The number of aromatic nitrogens is 2. The van der Waals surface area contributed by atoms with Crippen molar-refractivity contribution in [2.24, 2.45) is 0 Å². The van der Waals surface area contributed by atoms with Crippen LogP contribution in [0.3, 0.4) is 0 Å². The fourth-order valence-corrected chi connectivity index (χ4v) is 4.04. The van der Waals surface area contributed by atoms with E-state index in [0.717, 1.165) is 12.8 Å². The van der Waals surface area contributed by atoms with Crippen molar-refractivity contribution in [3.8, 4) is 0 Å². The summed E-state index contributed by atoms with van der Waals surface area (Å²) in [6, 6.07) is 6.56. The molecule has 8 nitrogen and oxygen atoms in total. The van der Waals surface area contributed by atoms with Crippen LogP contribution in [0.25, 0.3) is 10.9 Å². The number of para-hydroxylation sites is 1. The van der Waals surface area contributed by atoms with Gasteiger partial charge in [0.2, 0.25) is 11.8 Å². The molecule has 0 aliphatic carbocycles. The molecule has 2 aromatic rings. The highest BCUT2D eigenvalue weighted by Gasteiger charge is 2.21. The molecule has 2 N–H and O–H groups in total. The standard InChI is InChI=1S/C20H26N4O4S/c1-3-21-18(26)13(2)22-17(25)12-29-20-23-16-9-5-4-8-15(16)19(27)24(20)11-14-7-6-10-28-14/h4-5,8-9,13-14H,3,6-7,10-12H2,1-2H3,(H,21,26)(H,22,25)/t13-,14-/m0/s1. The molecule has 0 bridgehead atoms. The van der Waals surface area contributed by atoms with Gasteiger partial charge in [-0.2, -0.15) is 0 Å². The normalized spacial score (nSPS) is 17.2. The Morgan fingerprint density at radius 1 is 1.38 bits per heavy atom. The second-order valence-corrected chi connectivity index (χ2v) is 7.88. The maximum Gasteiger partial charge on any atom is 0.262 e. The van der Waals surface area contributed by atoms with Crippen LogP contribution in [0.4, 0.5) is 0 Å². The molecule has 2 atom stereocenters. The van der Waals surface area contributed by atoms with Crippen LogP contribution in [0.1, 0.15) is 26.7 Å². The third-order valence-corrected chi connectivity index (χ3v) is 5.67. The number of carbonyl (C=O) groups is 2. The molecule has 1 aromatic heterocycles. The first-order valence-corrected chi connectivity index (χ1v) is 10.8. The number of hydrogen-bond acceptors (Lipinski definition) is 6. The summed E-state index contributed by atoms with van der Waals surface area (Å²) in [5.74, 6) is -0.468. The van der Waals surface area contributed by atoms with Gasteiger partial charge in [0.1, 0.15) is 6.04 Å². The van der Waals surface area contributed by atoms with Gasteiger partial charge in [-0.25, -0.2) is 4.98 Å². The number of likely N-dealkylation sites (N-methyl/N-ethyl adjacent to an activating group) is 1. The van der Waals surface area contributed by atoms with Gasteiger partial charge in [-0.3, -0.25) is 19.0 Å². The van der Waals surface area contributed by atoms with Crippen LogP contribution < -0.4 is 16.2 Å². The second-order valence-electron chi connectivity index (χ2n) is 6.93. The van der Waals surface area contributed by atoms with E-state index in [2.05, 4.69) is 15.6 Å². The van der Waals surface area contributed by atoms with Gasteiger partial charge < -0.3 is 15.4 Å². The van der Waals surface area contributed by atoms with E-state index in [0.29, 0.717) is 35.8 Å². The topological polar surface area (TPSA) is 102 Å². The minimum absolute atomic E-state index is 0.0263. The van der Waals surface area contributed by atoms with Crippen molar-refractivity contribution >= 4 is 34.5 Å². The summed E-state index contributed by atoms with van der Waals surface area (Å²) in [6.45, 7) is 5.07. The van der Waals surface area contributed by atoms with Gasteiger partial charge in [-0.05, 0) is 38.8 Å². The fraction of sp³-hybridized carbons (Fsp3) is 0.500. The van der Waals surface area contributed by atoms with Crippen molar-refractivity contribution in [1.29, 1.82) is 0 Å². The number of carbonyl (C=O) groups excluding carboxylic acids is 2.